The highest BCUT2D eigenvalue weighted by Gasteiger charge is 2.46. The van der Waals surface area contributed by atoms with Gasteiger partial charge in [-0.05, 0) is 0 Å². The molecule has 0 spiro atoms. The number of ether oxygens (including phenoxy) is 1. The van der Waals surface area contributed by atoms with Crippen molar-refractivity contribution >= 4 is 11.6 Å². The Balaban J connectivity index is 1.77. The van der Waals surface area contributed by atoms with Gasteiger partial charge < -0.3 is 19.4 Å². The van der Waals surface area contributed by atoms with Crippen molar-refractivity contribution in [2.45, 2.75) is 0 Å². The van der Waals surface area contributed by atoms with Gasteiger partial charge in [0.05, 0.1) is 13.2 Å². The average Bonchev–Trinajstić information content (AvgIpc) is 3.36. The Labute approximate surface area is 121 Å². The molecule has 3 heterocycles. The fraction of sp³-hybridized carbons (Fsp3) is 0.571. The van der Waals surface area contributed by atoms with Crippen LogP contribution in [0.4, 0.5) is 4.39 Å². The van der Waals surface area contributed by atoms with Crippen molar-refractivity contribution < 1.29 is 18.7 Å². The number of carbonyl (C=O) groups excluding carboxylic acids is 2. The zero-order valence-corrected chi connectivity index (χ0v) is 11.6. The van der Waals surface area contributed by atoms with E-state index in [-0.39, 0.29) is 17.2 Å². The van der Waals surface area contributed by atoms with Crippen LogP contribution in [0.3, 0.4) is 0 Å². The molecule has 6 nitrogen and oxygen atoms in total. The lowest BCUT2D eigenvalue weighted by atomic mass is 9.99. The van der Waals surface area contributed by atoms with Gasteiger partial charge in [-0.3, -0.25) is 9.59 Å². The van der Waals surface area contributed by atoms with Crippen LogP contribution in [0.2, 0.25) is 0 Å². The molecule has 4 rings (SSSR count). The number of allylic oxidation sites excluding steroid dienone is 1. The molecule has 0 saturated carbocycles. The molecule has 0 radical (unpaired) electrons. The highest BCUT2D eigenvalue weighted by molar-refractivity contribution is 6.23. The molecule has 7 heteroatoms. The monoisotopic (exact) mass is 293 g/mol. The molecule has 3 saturated heterocycles. The lowest BCUT2D eigenvalue weighted by molar-refractivity contribution is -0.120. The summed E-state index contributed by atoms with van der Waals surface area (Å²) < 4.78 is 19.6. The largest absolute Gasteiger partial charge is 0.378 e. The fourth-order valence-electron chi connectivity index (χ4n) is 2.84. The Morgan fingerprint density at radius 3 is 1.76 bits per heavy atom. The zero-order valence-electron chi connectivity index (χ0n) is 11.6. The number of halogens is 1. The van der Waals surface area contributed by atoms with Gasteiger partial charge in [-0.15, -0.1) is 0 Å². The van der Waals surface area contributed by atoms with E-state index in [1.807, 2.05) is 4.90 Å². The summed E-state index contributed by atoms with van der Waals surface area (Å²) in [6.07, 6.45) is 0. The third-order valence-electron chi connectivity index (χ3n) is 4.13. The fourth-order valence-corrected chi connectivity index (χ4v) is 2.84. The van der Waals surface area contributed by atoms with Crippen LogP contribution in [0, 0.1) is 0 Å². The van der Waals surface area contributed by atoms with Gasteiger partial charge in [-0.1, -0.05) is 0 Å². The first-order valence-corrected chi connectivity index (χ1v) is 7.24. The van der Waals surface area contributed by atoms with Gasteiger partial charge in [-0.2, -0.15) is 0 Å². The average molecular weight is 293 g/mol. The Hall–Kier alpha value is -1.89. The van der Waals surface area contributed by atoms with E-state index in [0.717, 1.165) is 0 Å². The van der Waals surface area contributed by atoms with Crippen LogP contribution in [-0.2, 0) is 14.3 Å². The summed E-state index contributed by atoms with van der Waals surface area (Å²) in [5.41, 5.74) is 0.557. The van der Waals surface area contributed by atoms with Crippen molar-refractivity contribution in [2.24, 2.45) is 0 Å². The van der Waals surface area contributed by atoms with Crippen molar-refractivity contribution in [3.63, 3.8) is 0 Å². The summed E-state index contributed by atoms with van der Waals surface area (Å²) in [7, 11) is 0. The second-order valence-corrected chi connectivity index (χ2v) is 5.59. The molecule has 0 unspecified atom stereocenters. The van der Waals surface area contributed by atoms with Crippen molar-refractivity contribution in [1.82, 2.24) is 14.7 Å². The van der Waals surface area contributed by atoms with E-state index in [4.69, 9.17) is 4.74 Å². The van der Waals surface area contributed by atoms with E-state index in [0.29, 0.717) is 58.2 Å². The minimum absolute atomic E-state index is 0.0490. The molecule has 0 aromatic carbocycles. The standard InChI is InChI=1S/C14H16FN3O3/c15-9-10(16-1-2-16)14(20)12(18-5-7-21-8-6-18)11(13(9)19)17-3-4-17/h1-8H2. The maximum absolute atomic E-state index is 14.3. The molecule has 3 aliphatic heterocycles. The lowest BCUT2D eigenvalue weighted by Crippen LogP contribution is -2.43. The van der Waals surface area contributed by atoms with Gasteiger partial charge in [0.15, 0.2) is 5.83 Å². The number of hydrogen-bond donors (Lipinski definition) is 0. The summed E-state index contributed by atoms with van der Waals surface area (Å²) in [6, 6.07) is 0. The minimum Gasteiger partial charge on any atom is -0.378 e. The SMILES string of the molecule is O=C1C(F)=C(N2CC2)C(=O)C(N2CCOCC2)=C1N1CC1. The number of hydrogen-bond acceptors (Lipinski definition) is 6. The number of morpholine rings is 1. The second kappa shape index (κ2) is 4.56. The van der Waals surface area contributed by atoms with Gasteiger partial charge in [0.2, 0.25) is 11.6 Å². The van der Waals surface area contributed by atoms with E-state index in [1.54, 1.807) is 9.80 Å². The summed E-state index contributed by atoms with van der Waals surface area (Å²) >= 11 is 0. The topological polar surface area (TPSA) is 52.6 Å². The maximum atomic E-state index is 14.3. The third kappa shape index (κ3) is 2.03. The van der Waals surface area contributed by atoms with Crippen LogP contribution < -0.4 is 0 Å². The molecule has 0 N–H and O–H groups in total. The summed E-state index contributed by atoms with van der Waals surface area (Å²) in [5.74, 6) is -1.89. The molecule has 0 aromatic rings. The summed E-state index contributed by atoms with van der Waals surface area (Å²) in [4.78, 5) is 30.4. The number of ketones is 2. The first-order chi connectivity index (χ1) is 10.2. The van der Waals surface area contributed by atoms with Gasteiger partial charge in [0.25, 0.3) is 0 Å². The van der Waals surface area contributed by atoms with Crippen molar-refractivity contribution in [3.8, 4) is 0 Å². The highest BCUT2D eigenvalue weighted by atomic mass is 19.1. The van der Waals surface area contributed by atoms with Gasteiger partial charge in [-0.25, -0.2) is 4.39 Å². The molecular weight excluding hydrogens is 277 g/mol. The molecule has 112 valence electrons. The number of carbonyl (C=O) groups is 2. The molecule has 0 atom stereocenters. The minimum atomic E-state index is -0.892. The Morgan fingerprint density at radius 2 is 1.19 bits per heavy atom. The summed E-state index contributed by atoms with van der Waals surface area (Å²) in [5, 5.41) is 0. The molecule has 1 aliphatic carbocycles. The highest BCUT2D eigenvalue weighted by Crippen LogP contribution is 2.35. The Bertz CT molecular complexity index is 584. The molecular formula is C14H16FN3O3. The van der Waals surface area contributed by atoms with Crippen LogP contribution in [-0.4, -0.2) is 78.7 Å². The lowest BCUT2D eigenvalue weighted by Gasteiger charge is -2.34. The molecule has 0 amide bonds. The Morgan fingerprint density at radius 1 is 0.714 bits per heavy atom. The normalized spacial score (nSPS) is 26.0. The van der Waals surface area contributed by atoms with Crippen LogP contribution in [0.25, 0.3) is 0 Å². The van der Waals surface area contributed by atoms with E-state index in [2.05, 4.69) is 0 Å². The Kier molecular flexibility index (Phi) is 2.78. The van der Waals surface area contributed by atoms with E-state index < -0.39 is 11.6 Å². The predicted octanol–water partition coefficient (Wildman–Crippen LogP) is -0.506. The number of nitrogens with zero attached hydrogens (tertiary/aromatic N) is 3. The van der Waals surface area contributed by atoms with E-state index in [1.165, 1.54) is 0 Å². The smallest absolute Gasteiger partial charge is 0.241 e. The van der Waals surface area contributed by atoms with Crippen LogP contribution >= 0.6 is 0 Å². The maximum Gasteiger partial charge on any atom is 0.241 e. The molecule has 3 fully saturated rings. The van der Waals surface area contributed by atoms with Gasteiger partial charge in [0, 0.05) is 39.3 Å². The molecule has 4 aliphatic rings. The van der Waals surface area contributed by atoms with Crippen LogP contribution in [0.1, 0.15) is 0 Å². The number of rotatable bonds is 3. The molecule has 0 bridgehead atoms. The van der Waals surface area contributed by atoms with E-state index >= 15 is 0 Å². The van der Waals surface area contributed by atoms with Crippen molar-refractivity contribution in [2.75, 3.05) is 52.5 Å². The van der Waals surface area contributed by atoms with Crippen molar-refractivity contribution in [3.05, 3.63) is 22.9 Å². The van der Waals surface area contributed by atoms with Gasteiger partial charge in [0.1, 0.15) is 17.1 Å². The van der Waals surface area contributed by atoms with Crippen molar-refractivity contribution in [1.29, 1.82) is 0 Å². The van der Waals surface area contributed by atoms with Crippen LogP contribution in [0.15, 0.2) is 22.9 Å². The molecule has 0 aromatic heterocycles. The number of Topliss-reactive ketones (excluding diaryl/α,β-unsaturated/α-hetero) is 2. The van der Waals surface area contributed by atoms with Crippen LogP contribution in [0.5, 0.6) is 0 Å². The van der Waals surface area contributed by atoms with Gasteiger partial charge >= 0.3 is 0 Å². The zero-order chi connectivity index (χ0) is 14.6. The quantitative estimate of drug-likeness (QED) is 0.516. The summed E-state index contributed by atoms with van der Waals surface area (Å²) in [6.45, 7) is 4.83. The predicted molar refractivity (Wildman–Crippen MR) is 70.7 cm³/mol. The first kappa shape index (κ1) is 12.8. The first-order valence-electron chi connectivity index (χ1n) is 7.24. The molecule has 21 heavy (non-hydrogen) atoms. The second-order valence-electron chi connectivity index (χ2n) is 5.59. The van der Waals surface area contributed by atoms with E-state index in [9.17, 15) is 14.0 Å². The third-order valence-corrected chi connectivity index (χ3v) is 4.13.